The minimum atomic E-state index is -3.58. The Morgan fingerprint density at radius 2 is 1.97 bits per heavy atom. The van der Waals surface area contributed by atoms with Crippen molar-refractivity contribution in [2.75, 3.05) is 23.6 Å². The van der Waals surface area contributed by atoms with E-state index in [1.54, 1.807) is 19.3 Å². The minimum absolute atomic E-state index is 0.0707. The summed E-state index contributed by atoms with van der Waals surface area (Å²) in [5.41, 5.74) is 2.32. The van der Waals surface area contributed by atoms with E-state index in [9.17, 15) is 17.6 Å². The van der Waals surface area contributed by atoms with Gasteiger partial charge in [0, 0.05) is 46.4 Å². The lowest BCUT2D eigenvalue weighted by molar-refractivity contribution is 0.103. The number of hydrogen-bond acceptors (Lipinski definition) is 6. The molecule has 0 unspecified atom stereocenters. The van der Waals surface area contributed by atoms with Gasteiger partial charge in [-0.2, -0.15) is 5.10 Å². The van der Waals surface area contributed by atoms with Crippen LogP contribution >= 0.6 is 0 Å². The van der Waals surface area contributed by atoms with E-state index in [1.807, 2.05) is 16.9 Å². The first-order valence-corrected chi connectivity index (χ1v) is 13.6. The number of carbonyl (C=O) groups excluding carboxylic acids is 1. The largest absolute Gasteiger partial charge is 0.345 e. The summed E-state index contributed by atoms with van der Waals surface area (Å²) in [7, 11) is -3.58. The molecule has 1 aromatic carbocycles. The highest BCUT2D eigenvalue weighted by Gasteiger charge is 2.21. The predicted octanol–water partition coefficient (Wildman–Crippen LogP) is 3.87. The molecule has 0 saturated carbocycles. The molecule has 4 heterocycles. The minimum Gasteiger partial charge on any atom is -0.345 e. The van der Waals surface area contributed by atoms with Crippen molar-refractivity contribution in [1.29, 1.82) is 0 Å². The molecule has 36 heavy (non-hydrogen) atoms. The lowest BCUT2D eigenvalue weighted by Gasteiger charge is -2.22. The number of benzene rings is 1. The average Bonchev–Trinajstić information content (AvgIpc) is 3.52. The molecule has 0 aliphatic carbocycles. The second-order valence-electron chi connectivity index (χ2n) is 8.96. The van der Waals surface area contributed by atoms with Gasteiger partial charge in [-0.15, -0.1) is 0 Å². The van der Waals surface area contributed by atoms with Crippen LogP contribution in [0.1, 0.15) is 48.1 Å². The van der Waals surface area contributed by atoms with Crippen LogP contribution in [0.3, 0.4) is 0 Å². The van der Waals surface area contributed by atoms with E-state index in [1.165, 1.54) is 18.3 Å². The van der Waals surface area contributed by atoms with Crippen LogP contribution in [0.2, 0.25) is 0 Å². The third-order valence-corrected chi connectivity index (χ3v) is 7.84. The summed E-state index contributed by atoms with van der Waals surface area (Å²) in [5.74, 6) is -1.38. The maximum Gasteiger partial charge on any atom is 0.232 e. The van der Waals surface area contributed by atoms with E-state index in [0.29, 0.717) is 23.5 Å². The van der Waals surface area contributed by atoms with E-state index < -0.39 is 21.6 Å². The number of nitrogens with zero attached hydrogens (tertiary/aromatic N) is 3. The first kappa shape index (κ1) is 24.1. The van der Waals surface area contributed by atoms with E-state index in [4.69, 9.17) is 0 Å². The highest BCUT2D eigenvalue weighted by Crippen LogP contribution is 2.29. The van der Waals surface area contributed by atoms with Gasteiger partial charge in [-0.3, -0.25) is 14.2 Å². The van der Waals surface area contributed by atoms with Gasteiger partial charge in [0.25, 0.3) is 0 Å². The topological polar surface area (TPSA) is 122 Å². The molecule has 1 aliphatic rings. The Morgan fingerprint density at radius 3 is 2.75 bits per heavy atom. The van der Waals surface area contributed by atoms with E-state index in [0.717, 1.165) is 43.1 Å². The number of fused-ring (bicyclic) bond motifs is 1. The molecule has 0 bridgehead atoms. The average molecular weight is 511 g/mol. The van der Waals surface area contributed by atoms with E-state index in [-0.39, 0.29) is 22.6 Å². The summed E-state index contributed by atoms with van der Waals surface area (Å²) >= 11 is 0. The summed E-state index contributed by atoms with van der Waals surface area (Å²) in [6.45, 7) is 3.66. The van der Waals surface area contributed by atoms with E-state index >= 15 is 0 Å². The van der Waals surface area contributed by atoms with Gasteiger partial charge in [0.1, 0.15) is 11.5 Å². The van der Waals surface area contributed by atoms with Crippen LogP contribution in [0.5, 0.6) is 0 Å². The van der Waals surface area contributed by atoms with Gasteiger partial charge in [-0.1, -0.05) is 6.92 Å². The van der Waals surface area contributed by atoms with Crippen LogP contribution in [0.4, 0.5) is 10.1 Å². The number of ketones is 1. The number of nitrogens with one attached hydrogen (secondary N) is 3. The Kier molecular flexibility index (Phi) is 6.59. The first-order valence-electron chi connectivity index (χ1n) is 11.9. The van der Waals surface area contributed by atoms with Crippen molar-refractivity contribution in [3.8, 4) is 11.1 Å². The van der Waals surface area contributed by atoms with Crippen LogP contribution in [0.25, 0.3) is 22.2 Å². The van der Waals surface area contributed by atoms with Crippen molar-refractivity contribution in [3.05, 3.63) is 66.0 Å². The normalized spacial score (nSPS) is 14.8. The van der Waals surface area contributed by atoms with Gasteiger partial charge < -0.3 is 10.3 Å². The van der Waals surface area contributed by atoms with Crippen molar-refractivity contribution >= 4 is 32.5 Å². The fourth-order valence-electron chi connectivity index (χ4n) is 4.51. The van der Waals surface area contributed by atoms with Crippen LogP contribution in [0, 0.1) is 5.82 Å². The lowest BCUT2D eigenvalue weighted by atomic mass is 10.0. The number of H-pyrrole nitrogens is 1. The first-order chi connectivity index (χ1) is 17.3. The second-order valence-corrected chi connectivity index (χ2v) is 10.8. The number of carbonyl (C=O) groups is 1. The molecule has 3 N–H and O–H groups in total. The quantitative estimate of drug-likeness (QED) is 0.309. The van der Waals surface area contributed by atoms with Crippen molar-refractivity contribution in [2.45, 2.75) is 32.2 Å². The molecule has 1 aliphatic heterocycles. The summed E-state index contributed by atoms with van der Waals surface area (Å²) < 4.78 is 43.3. The van der Waals surface area contributed by atoms with Crippen molar-refractivity contribution in [2.24, 2.45) is 0 Å². The Bertz CT molecular complexity index is 1520. The van der Waals surface area contributed by atoms with Crippen molar-refractivity contribution in [3.63, 3.8) is 0 Å². The van der Waals surface area contributed by atoms with Crippen LogP contribution < -0.4 is 10.0 Å². The van der Waals surface area contributed by atoms with Crippen LogP contribution in [0.15, 0.2) is 49.1 Å². The summed E-state index contributed by atoms with van der Waals surface area (Å²) in [6.07, 6.45) is 9.42. The maximum atomic E-state index is 14.7. The summed E-state index contributed by atoms with van der Waals surface area (Å²) in [5, 5.41) is 8.43. The SMILES string of the molecule is CCCS(=O)(=O)Nc1ccc(F)c(C(=O)c2c[nH]c3ncc(-c4cnn(C5CCNCC5)c4)cc23)c1. The smallest absolute Gasteiger partial charge is 0.232 e. The second kappa shape index (κ2) is 9.82. The molecule has 188 valence electrons. The summed E-state index contributed by atoms with van der Waals surface area (Å²) in [4.78, 5) is 20.8. The number of hydrogen-bond donors (Lipinski definition) is 3. The molecule has 1 fully saturated rings. The number of piperidine rings is 1. The van der Waals surface area contributed by atoms with Gasteiger partial charge >= 0.3 is 0 Å². The number of anilines is 1. The molecule has 4 aromatic rings. The lowest BCUT2D eigenvalue weighted by Crippen LogP contribution is -2.29. The number of pyridine rings is 1. The zero-order valence-electron chi connectivity index (χ0n) is 19.8. The molecule has 0 atom stereocenters. The molecule has 5 rings (SSSR count). The highest BCUT2D eigenvalue weighted by atomic mass is 32.2. The van der Waals surface area contributed by atoms with Crippen molar-refractivity contribution in [1.82, 2.24) is 25.1 Å². The number of aromatic amines is 1. The maximum absolute atomic E-state index is 14.7. The Morgan fingerprint density at radius 1 is 1.17 bits per heavy atom. The summed E-state index contributed by atoms with van der Waals surface area (Å²) in [6, 6.07) is 5.79. The number of rotatable bonds is 8. The number of halogens is 1. The molecule has 1 saturated heterocycles. The third kappa shape index (κ3) is 4.89. The van der Waals surface area contributed by atoms with Gasteiger partial charge in [-0.25, -0.2) is 17.8 Å². The van der Waals surface area contributed by atoms with Gasteiger partial charge in [-0.05, 0) is 56.6 Å². The van der Waals surface area contributed by atoms with Crippen molar-refractivity contribution < 1.29 is 17.6 Å². The molecule has 11 heteroatoms. The van der Waals surface area contributed by atoms with Gasteiger partial charge in [0.2, 0.25) is 10.0 Å². The van der Waals surface area contributed by atoms with E-state index in [2.05, 4.69) is 25.1 Å². The molecule has 3 aromatic heterocycles. The third-order valence-electron chi connectivity index (χ3n) is 6.35. The molecule has 0 amide bonds. The van der Waals surface area contributed by atoms with Crippen LogP contribution in [-0.2, 0) is 10.0 Å². The molecular weight excluding hydrogens is 483 g/mol. The van der Waals surface area contributed by atoms with Gasteiger partial charge in [0.15, 0.2) is 5.78 Å². The zero-order chi connectivity index (χ0) is 25.3. The predicted molar refractivity (Wildman–Crippen MR) is 136 cm³/mol. The number of aromatic nitrogens is 4. The zero-order valence-corrected chi connectivity index (χ0v) is 20.6. The molecule has 0 spiro atoms. The fourth-order valence-corrected chi connectivity index (χ4v) is 5.64. The van der Waals surface area contributed by atoms with Crippen LogP contribution in [-0.4, -0.2) is 52.8 Å². The number of sulfonamides is 1. The Hall–Kier alpha value is -3.57. The monoisotopic (exact) mass is 510 g/mol. The Labute approximate surface area is 208 Å². The molecule has 0 radical (unpaired) electrons. The highest BCUT2D eigenvalue weighted by molar-refractivity contribution is 7.92. The Balaban J connectivity index is 1.46. The fraction of sp³-hybridized carbons (Fsp3) is 0.320. The standard InChI is InChI=1S/C25H27FN6O3S/c1-2-9-36(34,35)31-18-3-4-23(26)21(11-18)24(33)22-14-29-25-20(22)10-16(12-28-25)17-13-30-32(15-17)19-5-7-27-8-6-19/h3-4,10-15,19,27,31H,2,5-9H2,1H3,(H,28,29). The molecule has 9 nitrogen and oxygen atoms in total. The molecular formula is C25H27FN6O3S. The van der Waals surface area contributed by atoms with Gasteiger partial charge in [0.05, 0.1) is 23.6 Å².